The second-order valence-electron chi connectivity index (χ2n) is 6.32. The van der Waals surface area contributed by atoms with Gasteiger partial charge in [-0.1, -0.05) is 53.4 Å². The van der Waals surface area contributed by atoms with Crippen LogP contribution in [0.1, 0.15) is 79.1 Å². The lowest BCUT2D eigenvalue weighted by Gasteiger charge is -2.25. The highest BCUT2D eigenvalue weighted by molar-refractivity contribution is 7.59. The molecule has 23 heavy (non-hydrogen) atoms. The van der Waals surface area contributed by atoms with Crippen LogP contribution >= 0.6 is 7.37 Å². The van der Waals surface area contributed by atoms with E-state index >= 15 is 0 Å². The van der Waals surface area contributed by atoms with Crippen molar-refractivity contribution in [2.45, 2.75) is 79.1 Å². The molecule has 1 unspecified atom stereocenters. The zero-order valence-corrected chi connectivity index (χ0v) is 16.7. The average molecular weight is 347 g/mol. The fourth-order valence-electron chi connectivity index (χ4n) is 2.33. The van der Waals surface area contributed by atoms with Gasteiger partial charge in [0.25, 0.3) is 0 Å². The van der Waals surface area contributed by atoms with Gasteiger partial charge in [-0.2, -0.15) is 0 Å². The first-order valence-electron chi connectivity index (χ1n) is 9.53. The maximum absolute atomic E-state index is 13.0. The van der Waals surface area contributed by atoms with Crippen molar-refractivity contribution in [2.75, 3.05) is 32.0 Å². The maximum Gasteiger partial charge on any atom is 0.232 e. The topological polar surface area (TPSA) is 46.6 Å². The molecular weight excluding hydrogens is 309 g/mol. The van der Waals surface area contributed by atoms with Gasteiger partial charge in [-0.3, -0.25) is 9.36 Å². The van der Waals surface area contributed by atoms with Gasteiger partial charge in [0.2, 0.25) is 13.3 Å². The molecule has 0 spiro atoms. The van der Waals surface area contributed by atoms with Crippen LogP contribution < -0.4 is 0 Å². The van der Waals surface area contributed by atoms with Gasteiger partial charge in [-0.25, -0.2) is 0 Å². The Morgan fingerprint density at radius 3 is 1.87 bits per heavy atom. The predicted octanol–water partition coefficient (Wildman–Crippen LogP) is 5.31. The SMILES string of the molecule is CCCCOP(=O)(CCCC)CC(=O)N(CCCC)CCCC. The van der Waals surface area contributed by atoms with E-state index in [9.17, 15) is 9.36 Å². The lowest BCUT2D eigenvalue weighted by Crippen LogP contribution is -2.35. The van der Waals surface area contributed by atoms with Crippen molar-refractivity contribution < 1.29 is 13.9 Å². The second kappa shape index (κ2) is 14.0. The summed E-state index contributed by atoms with van der Waals surface area (Å²) in [7, 11) is -2.83. The molecule has 0 aromatic carbocycles. The molecule has 1 amide bonds. The molecule has 0 radical (unpaired) electrons. The highest BCUT2D eigenvalue weighted by atomic mass is 31.2. The van der Waals surface area contributed by atoms with E-state index in [0.29, 0.717) is 12.8 Å². The lowest BCUT2D eigenvalue weighted by molar-refractivity contribution is -0.128. The van der Waals surface area contributed by atoms with Gasteiger partial charge in [0, 0.05) is 19.3 Å². The average Bonchev–Trinajstić information content (AvgIpc) is 2.53. The van der Waals surface area contributed by atoms with Gasteiger partial charge < -0.3 is 9.42 Å². The Balaban J connectivity index is 4.74. The Kier molecular flexibility index (Phi) is 13.8. The van der Waals surface area contributed by atoms with Crippen LogP contribution in [0.25, 0.3) is 0 Å². The number of hydrogen-bond acceptors (Lipinski definition) is 3. The number of rotatable bonds is 15. The minimum Gasteiger partial charge on any atom is -0.342 e. The van der Waals surface area contributed by atoms with E-state index in [1.807, 2.05) is 4.90 Å². The van der Waals surface area contributed by atoms with E-state index in [-0.39, 0.29) is 12.1 Å². The molecule has 0 saturated heterocycles. The van der Waals surface area contributed by atoms with E-state index in [4.69, 9.17) is 4.52 Å². The number of carbonyl (C=O) groups is 1. The summed E-state index contributed by atoms with van der Waals surface area (Å²) in [5.74, 6) is 0.0165. The molecule has 0 bridgehead atoms. The van der Waals surface area contributed by atoms with Gasteiger partial charge in [-0.05, 0) is 25.7 Å². The first-order valence-corrected chi connectivity index (χ1v) is 11.5. The smallest absolute Gasteiger partial charge is 0.232 e. The van der Waals surface area contributed by atoms with E-state index in [0.717, 1.165) is 64.5 Å². The molecule has 4 nitrogen and oxygen atoms in total. The van der Waals surface area contributed by atoms with E-state index in [1.165, 1.54) is 0 Å². The molecule has 0 aromatic rings. The van der Waals surface area contributed by atoms with Gasteiger partial charge in [0.1, 0.15) is 6.16 Å². The molecule has 0 fully saturated rings. The summed E-state index contributed by atoms with van der Waals surface area (Å²) in [6.07, 6.45) is 8.52. The minimum atomic E-state index is -2.83. The second-order valence-corrected chi connectivity index (χ2v) is 8.98. The van der Waals surface area contributed by atoms with Crippen LogP contribution in [0.3, 0.4) is 0 Å². The summed E-state index contributed by atoms with van der Waals surface area (Å²) in [6, 6.07) is 0. The number of hydrogen-bond donors (Lipinski definition) is 0. The minimum absolute atomic E-state index is 0.0165. The van der Waals surface area contributed by atoms with Gasteiger partial charge in [0.15, 0.2) is 0 Å². The number of amides is 1. The highest BCUT2D eigenvalue weighted by Gasteiger charge is 2.28. The molecule has 0 aliphatic carbocycles. The van der Waals surface area contributed by atoms with Gasteiger partial charge in [-0.15, -0.1) is 0 Å². The Morgan fingerprint density at radius 2 is 1.39 bits per heavy atom. The Hall–Kier alpha value is -0.340. The molecule has 0 aromatic heterocycles. The van der Waals surface area contributed by atoms with Crippen LogP contribution in [0, 0.1) is 0 Å². The third kappa shape index (κ3) is 10.9. The molecule has 0 heterocycles. The van der Waals surface area contributed by atoms with Crippen molar-refractivity contribution in [1.29, 1.82) is 0 Å². The molecule has 0 rings (SSSR count). The third-order valence-electron chi connectivity index (χ3n) is 3.97. The van der Waals surface area contributed by atoms with Crippen molar-refractivity contribution >= 4 is 13.3 Å². The summed E-state index contributed by atoms with van der Waals surface area (Å²) in [5.41, 5.74) is 0. The normalized spacial score (nSPS) is 13.7. The zero-order valence-electron chi connectivity index (χ0n) is 15.8. The summed E-state index contributed by atoms with van der Waals surface area (Å²) in [6.45, 7) is 10.5. The number of unbranched alkanes of at least 4 members (excludes halogenated alkanes) is 4. The van der Waals surface area contributed by atoms with Crippen molar-refractivity contribution in [3.63, 3.8) is 0 Å². The Labute approximate surface area is 143 Å². The van der Waals surface area contributed by atoms with Crippen LogP contribution in [-0.2, 0) is 13.9 Å². The first-order chi connectivity index (χ1) is 11.0. The van der Waals surface area contributed by atoms with Crippen molar-refractivity contribution in [3.8, 4) is 0 Å². The Morgan fingerprint density at radius 1 is 0.870 bits per heavy atom. The maximum atomic E-state index is 13.0. The van der Waals surface area contributed by atoms with Crippen LogP contribution in [0.15, 0.2) is 0 Å². The van der Waals surface area contributed by atoms with Crippen LogP contribution in [0.2, 0.25) is 0 Å². The van der Waals surface area contributed by atoms with Crippen molar-refractivity contribution in [3.05, 3.63) is 0 Å². The predicted molar refractivity (Wildman–Crippen MR) is 99.5 cm³/mol. The zero-order chi connectivity index (χ0) is 17.6. The van der Waals surface area contributed by atoms with Gasteiger partial charge in [0.05, 0.1) is 6.61 Å². The monoisotopic (exact) mass is 347 g/mol. The molecule has 0 saturated carbocycles. The molecular formula is C18H38NO3P. The van der Waals surface area contributed by atoms with Crippen LogP contribution in [0.5, 0.6) is 0 Å². The summed E-state index contributed by atoms with van der Waals surface area (Å²) >= 11 is 0. The first kappa shape index (κ1) is 22.7. The van der Waals surface area contributed by atoms with E-state index in [1.54, 1.807) is 0 Å². The quantitative estimate of drug-likeness (QED) is 0.298. The van der Waals surface area contributed by atoms with E-state index in [2.05, 4.69) is 27.7 Å². The molecule has 0 aliphatic rings. The van der Waals surface area contributed by atoms with Crippen LogP contribution in [-0.4, -0.2) is 42.8 Å². The summed E-state index contributed by atoms with van der Waals surface area (Å²) in [4.78, 5) is 14.5. The van der Waals surface area contributed by atoms with E-state index < -0.39 is 7.37 Å². The fourth-order valence-corrected chi connectivity index (χ4v) is 4.58. The summed E-state index contributed by atoms with van der Waals surface area (Å²) < 4.78 is 18.7. The lowest BCUT2D eigenvalue weighted by atomic mass is 10.2. The fraction of sp³-hybridized carbons (Fsp3) is 0.944. The molecule has 138 valence electrons. The molecule has 0 N–H and O–H groups in total. The van der Waals surface area contributed by atoms with Crippen LogP contribution in [0.4, 0.5) is 0 Å². The number of carbonyl (C=O) groups excluding carboxylic acids is 1. The third-order valence-corrected chi connectivity index (χ3v) is 6.37. The number of nitrogens with zero attached hydrogens (tertiary/aromatic N) is 1. The van der Waals surface area contributed by atoms with Gasteiger partial charge >= 0.3 is 0 Å². The summed E-state index contributed by atoms with van der Waals surface area (Å²) in [5, 5.41) is 0. The Bertz CT molecular complexity index is 339. The van der Waals surface area contributed by atoms with Crippen molar-refractivity contribution in [2.24, 2.45) is 0 Å². The highest BCUT2D eigenvalue weighted by Crippen LogP contribution is 2.48. The molecule has 1 atom stereocenters. The molecule has 5 heteroatoms. The largest absolute Gasteiger partial charge is 0.342 e. The standard InChI is InChI=1S/C18H38NO3P/c1-5-9-13-19(14-10-6-2)18(20)17-23(21,16-12-8-4)22-15-11-7-3/h5-17H2,1-4H3. The molecule has 0 aliphatic heterocycles. The van der Waals surface area contributed by atoms with Crippen molar-refractivity contribution in [1.82, 2.24) is 4.90 Å².